The van der Waals surface area contributed by atoms with Gasteiger partial charge >= 0.3 is 0 Å². The number of benzene rings is 2. The van der Waals surface area contributed by atoms with Crippen LogP contribution in [0.4, 0.5) is 0 Å². The topological polar surface area (TPSA) is 59.9 Å². The first-order valence-electron chi connectivity index (χ1n) is 6.42. The molecule has 0 atom stereocenters. The molecular formula is C16H16N2O3. The molecule has 0 bridgehead atoms. The van der Waals surface area contributed by atoms with Crippen LogP contribution in [0.2, 0.25) is 0 Å². The van der Waals surface area contributed by atoms with Gasteiger partial charge in [0.05, 0.1) is 13.3 Å². The molecule has 0 aliphatic heterocycles. The lowest BCUT2D eigenvalue weighted by atomic mass is 10.2. The van der Waals surface area contributed by atoms with Crippen molar-refractivity contribution >= 4 is 12.1 Å². The van der Waals surface area contributed by atoms with Crippen molar-refractivity contribution in [2.75, 3.05) is 13.7 Å². The molecule has 0 aliphatic rings. The summed E-state index contributed by atoms with van der Waals surface area (Å²) < 4.78 is 10.4. The summed E-state index contributed by atoms with van der Waals surface area (Å²) in [7, 11) is 1.59. The van der Waals surface area contributed by atoms with Gasteiger partial charge in [0.25, 0.3) is 5.91 Å². The summed E-state index contributed by atoms with van der Waals surface area (Å²) in [5, 5.41) is 3.86. The van der Waals surface area contributed by atoms with Gasteiger partial charge in [0, 0.05) is 0 Å². The first kappa shape index (κ1) is 14.6. The number of hydrazone groups is 1. The van der Waals surface area contributed by atoms with Crippen LogP contribution < -0.4 is 14.9 Å². The van der Waals surface area contributed by atoms with Gasteiger partial charge in [0.2, 0.25) is 0 Å². The first-order chi connectivity index (χ1) is 10.3. The fraction of sp³-hybridized carbons (Fsp3) is 0.125. The van der Waals surface area contributed by atoms with Crippen LogP contribution in [0.3, 0.4) is 0 Å². The molecule has 2 aromatic carbocycles. The average Bonchev–Trinajstić information content (AvgIpc) is 2.54. The van der Waals surface area contributed by atoms with Crippen molar-refractivity contribution in [2.45, 2.75) is 0 Å². The van der Waals surface area contributed by atoms with Gasteiger partial charge in [0.1, 0.15) is 11.5 Å². The lowest BCUT2D eigenvalue weighted by Gasteiger charge is -2.05. The number of methoxy groups -OCH3 is 1. The Hall–Kier alpha value is -2.82. The molecule has 0 radical (unpaired) electrons. The van der Waals surface area contributed by atoms with E-state index >= 15 is 0 Å². The smallest absolute Gasteiger partial charge is 0.277 e. The number of nitrogens with zero attached hydrogens (tertiary/aromatic N) is 1. The quantitative estimate of drug-likeness (QED) is 0.653. The highest BCUT2D eigenvalue weighted by molar-refractivity contribution is 5.82. The molecule has 2 rings (SSSR count). The molecule has 2 aromatic rings. The number of carbonyl (C=O) groups excluding carboxylic acids is 1. The number of rotatable bonds is 6. The highest BCUT2D eigenvalue weighted by Crippen LogP contribution is 2.16. The predicted octanol–water partition coefficient (Wildman–Crippen LogP) is 2.22. The zero-order valence-corrected chi connectivity index (χ0v) is 11.7. The van der Waals surface area contributed by atoms with E-state index in [-0.39, 0.29) is 12.5 Å². The molecule has 0 aliphatic carbocycles. The fourth-order valence-corrected chi connectivity index (χ4v) is 1.57. The molecule has 0 saturated heterocycles. The zero-order valence-electron chi connectivity index (χ0n) is 11.7. The molecule has 0 unspecified atom stereocenters. The van der Waals surface area contributed by atoms with Gasteiger partial charge in [-0.25, -0.2) is 5.43 Å². The number of hydrogen-bond acceptors (Lipinski definition) is 4. The molecule has 0 heterocycles. The van der Waals surface area contributed by atoms with E-state index in [1.165, 1.54) is 0 Å². The van der Waals surface area contributed by atoms with E-state index in [4.69, 9.17) is 9.47 Å². The lowest BCUT2D eigenvalue weighted by Crippen LogP contribution is -2.24. The Morgan fingerprint density at radius 3 is 2.43 bits per heavy atom. The normalized spacial score (nSPS) is 10.3. The van der Waals surface area contributed by atoms with E-state index in [2.05, 4.69) is 10.5 Å². The molecule has 21 heavy (non-hydrogen) atoms. The van der Waals surface area contributed by atoms with Gasteiger partial charge in [-0.05, 0) is 29.8 Å². The van der Waals surface area contributed by atoms with Crippen molar-refractivity contribution in [2.24, 2.45) is 5.10 Å². The van der Waals surface area contributed by atoms with Crippen molar-refractivity contribution in [3.63, 3.8) is 0 Å². The van der Waals surface area contributed by atoms with Crippen molar-refractivity contribution in [1.82, 2.24) is 5.43 Å². The SMILES string of the molecule is COc1ccc(OCC(=O)N/N=C/c2ccccc2)cc1. The second-order valence-corrected chi connectivity index (χ2v) is 4.17. The maximum atomic E-state index is 11.6. The minimum atomic E-state index is -0.321. The summed E-state index contributed by atoms with van der Waals surface area (Å²) in [6.07, 6.45) is 1.57. The lowest BCUT2D eigenvalue weighted by molar-refractivity contribution is -0.123. The number of amides is 1. The van der Waals surface area contributed by atoms with Crippen LogP contribution in [-0.2, 0) is 4.79 Å². The minimum absolute atomic E-state index is 0.0988. The Kier molecular flexibility index (Phi) is 5.34. The second kappa shape index (κ2) is 7.69. The minimum Gasteiger partial charge on any atom is -0.497 e. The average molecular weight is 284 g/mol. The molecule has 1 amide bonds. The summed E-state index contributed by atoms with van der Waals surface area (Å²) in [6, 6.07) is 16.5. The summed E-state index contributed by atoms with van der Waals surface area (Å²) in [4.78, 5) is 11.6. The number of carbonyl (C=O) groups is 1. The Labute approximate surface area is 123 Å². The first-order valence-corrected chi connectivity index (χ1v) is 6.42. The number of nitrogens with one attached hydrogen (secondary N) is 1. The highest BCUT2D eigenvalue weighted by atomic mass is 16.5. The maximum absolute atomic E-state index is 11.6. The fourth-order valence-electron chi connectivity index (χ4n) is 1.57. The molecule has 0 spiro atoms. The van der Waals surface area contributed by atoms with E-state index in [1.807, 2.05) is 30.3 Å². The Bertz CT molecular complexity index is 595. The molecule has 0 saturated carbocycles. The Morgan fingerprint density at radius 2 is 1.76 bits per heavy atom. The Morgan fingerprint density at radius 1 is 1.10 bits per heavy atom. The number of ether oxygens (including phenoxy) is 2. The third kappa shape index (κ3) is 4.99. The molecule has 0 fully saturated rings. The van der Waals surface area contributed by atoms with E-state index in [0.29, 0.717) is 5.75 Å². The molecule has 1 N–H and O–H groups in total. The van der Waals surface area contributed by atoms with Crippen LogP contribution >= 0.6 is 0 Å². The van der Waals surface area contributed by atoms with E-state index < -0.39 is 0 Å². The van der Waals surface area contributed by atoms with Gasteiger partial charge < -0.3 is 9.47 Å². The third-order valence-corrected chi connectivity index (χ3v) is 2.63. The van der Waals surface area contributed by atoms with Crippen LogP contribution in [-0.4, -0.2) is 25.8 Å². The maximum Gasteiger partial charge on any atom is 0.277 e. The van der Waals surface area contributed by atoms with Crippen molar-refractivity contribution < 1.29 is 14.3 Å². The Balaban J connectivity index is 1.75. The van der Waals surface area contributed by atoms with Crippen LogP contribution in [0.25, 0.3) is 0 Å². The summed E-state index contributed by atoms with van der Waals surface area (Å²) in [5.41, 5.74) is 3.32. The monoisotopic (exact) mass is 284 g/mol. The van der Waals surface area contributed by atoms with Crippen molar-refractivity contribution in [3.05, 3.63) is 60.2 Å². The zero-order chi connectivity index (χ0) is 14.9. The summed E-state index contributed by atoms with van der Waals surface area (Å²) in [5.74, 6) is 1.01. The van der Waals surface area contributed by atoms with Crippen molar-refractivity contribution in [1.29, 1.82) is 0 Å². The molecule has 5 heteroatoms. The van der Waals surface area contributed by atoms with Gasteiger partial charge in [0.15, 0.2) is 6.61 Å². The van der Waals surface area contributed by atoms with E-state index in [1.54, 1.807) is 37.6 Å². The van der Waals surface area contributed by atoms with Gasteiger partial charge in [-0.3, -0.25) is 4.79 Å². The van der Waals surface area contributed by atoms with Crippen LogP contribution in [0.5, 0.6) is 11.5 Å². The van der Waals surface area contributed by atoms with Gasteiger partial charge in [-0.1, -0.05) is 30.3 Å². The highest BCUT2D eigenvalue weighted by Gasteiger charge is 2.01. The second-order valence-electron chi connectivity index (χ2n) is 4.17. The van der Waals surface area contributed by atoms with Crippen LogP contribution in [0.15, 0.2) is 59.7 Å². The third-order valence-electron chi connectivity index (χ3n) is 2.63. The summed E-state index contributed by atoms with van der Waals surface area (Å²) in [6.45, 7) is -0.0988. The largest absolute Gasteiger partial charge is 0.497 e. The van der Waals surface area contributed by atoms with Crippen LogP contribution in [0.1, 0.15) is 5.56 Å². The van der Waals surface area contributed by atoms with E-state index in [0.717, 1.165) is 11.3 Å². The molecular weight excluding hydrogens is 268 g/mol. The van der Waals surface area contributed by atoms with E-state index in [9.17, 15) is 4.79 Å². The number of hydrogen-bond donors (Lipinski definition) is 1. The van der Waals surface area contributed by atoms with Crippen molar-refractivity contribution in [3.8, 4) is 11.5 Å². The van der Waals surface area contributed by atoms with Gasteiger partial charge in [-0.2, -0.15) is 5.10 Å². The van der Waals surface area contributed by atoms with Crippen LogP contribution in [0, 0.1) is 0 Å². The van der Waals surface area contributed by atoms with Gasteiger partial charge in [-0.15, -0.1) is 0 Å². The summed E-state index contributed by atoms with van der Waals surface area (Å²) >= 11 is 0. The predicted molar refractivity (Wildman–Crippen MR) is 80.7 cm³/mol. The molecule has 108 valence electrons. The standard InChI is InChI=1S/C16H16N2O3/c1-20-14-7-9-15(10-8-14)21-12-16(19)18-17-11-13-5-3-2-4-6-13/h2-11H,12H2,1H3,(H,18,19)/b17-11+. The molecule has 5 nitrogen and oxygen atoms in total. The molecule has 0 aromatic heterocycles.